The minimum atomic E-state index is -0.382. The van der Waals surface area contributed by atoms with E-state index in [1.54, 1.807) is 40.8 Å². The van der Waals surface area contributed by atoms with Crippen molar-refractivity contribution < 1.29 is 4.79 Å². The molecule has 8 heteroatoms. The van der Waals surface area contributed by atoms with E-state index in [1.807, 2.05) is 25.1 Å². The summed E-state index contributed by atoms with van der Waals surface area (Å²) >= 11 is 12.4. The van der Waals surface area contributed by atoms with Gasteiger partial charge in [0.15, 0.2) is 0 Å². The van der Waals surface area contributed by atoms with Crippen LogP contribution in [0, 0.1) is 0 Å². The largest absolute Gasteiger partial charge is 0.322 e. The van der Waals surface area contributed by atoms with Crippen molar-refractivity contribution >= 4 is 45.8 Å². The highest BCUT2D eigenvalue weighted by Crippen LogP contribution is 2.31. The monoisotopic (exact) mass is 474 g/mol. The molecule has 1 heterocycles. The molecule has 0 saturated heterocycles. The van der Waals surface area contributed by atoms with Gasteiger partial charge in [-0.05, 0) is 37.1 Å². The zero-order chi connectivity index (χ0) is 23.3. The lowest BCUT2D eigenvalue weighted by Gasteiger charge is -2.32. The van der Waals surface area contributed by atoms with Crippen LogP contribution in [0.5, 0.6) is 0 Å². The molecule has 0 bridgehead atoms. The Labute approximate surface area is 198 Å². The molecule has 2 amide bonds. The molecule has 32 heavy (non-hydrogen) atoms. The van der Waals surface area contributed by atoms with Gasteiger partial charge in [-0.3, -0.25) is 9.36 Å². The zero-order valence-corrected chi connectivity index (χ0v) is 20.1. The van der Waals surface area contributed by atoms with Crippen molar-refractivity contribution in [3.05, 3.63) is 68.7 Å². The highest BCUT2D eigenvalue weighted by molar-refractivity contribution is 6.43. The number of aromatic nitrogens is 2. The molecular formula is C24H28Cl2N4O2. The highest BCUT2D eigenvalue weighted by Gasteiger charge is 2.28. The van der Waals surface area contributed by atoms with Gasteiger partial charge in [0.2, 0.25) is 0 Å². The number of nitrogens with one attached hydrogen (secondary N) is 1. The van der Waals surface area contributed by atoms with Gasteiger partial charge in [0.25, 0.3) is 5.56 Å². The lowest BCUT2D eigenvalue weighted by molar-refractivity contribution is 0.179. The van der Waals surface area contributed by atoms with Crippen LogP contribution in [0.4, 0.5) is 10.5 Å². The zero-order valence-electron chi connectivity index (χ0n) is 18.6. The number of rotatable bonds is 8. The van der Waals surface area contributed by atoms with Crippen LogP contribution in [0.15, 0.2) is 47.3 Å². The molecule has 1 aromatic heterocycles. The molecule has 0 aliphatic carbocycles. The molecule has 170 valence electrons. The number of benzene rings is 2. The predicted molar refractivity (Wildman–Crippen MR) is 132 cm³/mol. The van der Waals surface area contributed by atoms with Crippen LogP contribution < -0.4 is 10.9 Å². The molecule has 3 aromatic rings. The summed E-state index contributed by atoms with van der Waals surface area (Å²) in [4.78, 5) is 32.9. The molecule has 3 rings (SSSR count). The summed E-state index contributed by atoms with van der Waals surface area (Å²) in [6, 6.07) is 11.7. The highest BCUT2D eigenvalue weighted by atomic mass is 35.5. The number of nitrogens with zero attached hydrogens (tertiary/aromatic N) is 3. The maximum Gasteiger partial charge on any atom is 0.322 e. The third-order valence-corrected chi connectivity index (χ3v) is 6.35. The van der Waals surface area contributed by atoms with E-state index < -0.39 is 0 Å². The van der Waals surface area contributed by atoms with Crippen molar-refractivity contribution in [3.63, 3.8) is 0 Å². The number of anilines is 1. The van der Waals surface area contributed by atoms with Crippen LogP contribution in [-0.4, -0.2) is 27.0 Å². The average molecular weight is 475 g/mol. The van der Waals surface area contributed by atoms with Gasteiger partial charge < -0.3 is 10.2 Å². The Balaban J connectivity index is 2.02. The molecule has 0 spiro atoms. The number of hydrogen-bond donors (Lipinski definition) is 1. The number of fused-ring (bicyclic) bond motifs is 1. The average Bonchev–Trinajstić information content (AvgIpc) is 2.79. The van der Waals surface area contributed by atoms with Crippen molar-refractivity contribution in [2.75, 3.05) is 11.9 Å². The van der Waals surface area contributed by atoms with E-state index in [-0.39, 0.29) is 17.6 Å². The standard InChI is InChI=1S/C24H28Cl2N4O2/c1-4-6-9-15-30(24(32)28-19-14-10-12-17(25)21(19)26)20(5-2)22-27-18-13-8-7-11-16(18)23(31)29(22)3/h7-8,10-14,20H,4-6,9,15H2,1-3H3,(H,28,32). The number of carbonyl (C=O) groups is 1. The van der Waals surface area contributed by atoms with Gasteiger partial charge in [0.1, 0.15) is 5.82 Å². The van der Waals surface area contributed by atoms with Crippen LogP contribution >= 0.6 is 23.2 Å². The van der Waals surface area contributed by atoms with Crippen molar-refractivity contribution in [2.45, 2.75) is 45.6 Å². The Kier molecular flexibility index (Phi) is 8.15. The second kappa shape index (κ2) is 10.8. The SMILES string of the molecule is CCCCCN(C(=O)Nc1cccc(Cl)c1Cl)C(CC)c1nc2ccccc2c(=O)n1C. The molecule has 0 radical (unpaired) electrons. The molecule has 0 fully saturated rings. The molecule has 0 aliphatic rings. The van der Waals surface area contributed by atoms with E-state index in [2.05, 4.69) is 12.2 Å². The second-order valence-electron chi connectivity index (χ2n) is 7.71. The summed E-state index contributed by atoms with van der Waals surface area (Å²) in [6.07, 6.45) is 3.45. The molecule has 2 aromatic carbocycles. The second-order valence-corrected chi connectivity index (χ2v) is 8.49. The van der Waals surface area contributed by atoms with Crippen LogP contribution in [-0.2, 0) is 7.05 Å². The Hall–Kier alpha value is -2.57. The Morgan fingerprint density at radius 3 is 2.59 bits per heavy atom. The van der Waals surface area contributed by atoms with Crippen molar-refractivity contribution in [2.24, 2.45) is 7.05 Å². The molecule has 0 aliphatic heterocycles. The minimum Gasteiger partial charge on any atom is -0.314 e. The van der Waals surface area contributed by atoms with Crippen LogP contribution in [0.25, 0.3) is 10.9 Å². The number of unbranched alkanes of at least 4 members (excludes halogenated alkanes) is 2. The maximum absolute atomic E-state index is 13.4. The molecular weight excluding hydrogens is 447 g/mol. The van der Waals surface area contributed by atoms with Gasteiger partial charge in [-0.2, -0.15) is 0 Å². The molecule has 1 N–H and O–H groups in total. The topological polar surface area (TPSA) is 67.2 Å². The minimum absolute atomic E-state index is 0.129. The lowest BCUT2D eigenvalue weighted by atomic mass is 10.1. The van der Waals surface area contributed by atoms with Gasteiger partial charge in [-0.1, -0.05) is 68.1 Å². The number of hydrogen-bond acceptors (Lipinski definition) is 3. The summed E-state index contributed by atoms with van der Waals surface area (Å²) in [5.41, 5.74) is 0.937. The van der Waals surface area contributed by atoms with Gasteiger partial charge in [-0.15, -0.1) is 0 Å². The molecule has 6 nitrogen and oxygen atoms in total. The summed E-state index contributed by atoms with van der Waals surface area (Å²) < 4.78 is 1.54. The van der Waals surface area contributed by atoms with Crippen LogP contribution in [0.1, 0.15) is 51.4 Å². The van der Waals surface area contributed by atoms with E-state index in [9.17, 15) is 9.59 Å². The summed E-state index contributed by atoms with van der Waals surface area (Å²) in [5.74, 6) is 0.556. The predicted octanol–water partition coefficient (Wildman–Crippen LogP) is 6.42. The third-order valence-electron chi connectivity index (χ3n) is 5.54. The van der Waals surface area contributed by atoms with Gasteiger partial charge in [0, 0.05) is 13.6 Å². The van der Waals surface area contributed by atoms with Crippen molar-refractivity contribution in [1.29, 1.82) is 0 Å². The van der Waals surface area contributed by atoms with Gasteiger partial charge in [0.05, 0.1) is 32.7 Å². The normalized spacial score (nSPS) is 12.0. The molecule has 1 atom stereocenters. The fraction of sp³-hybridized carbons (Fsp3) is 0.375. The van der Waals surface area contributed by atoms with E-state index >= 15 is 0 Å². The number of amides is 2. The van der Waals surface area contributed by atoms with E-state index in [1.165, 1.54) is 0 Å². The maximum atomic E-state index is 13.4. The first kappa shape index (κ1) is 24.1. The third kappa shape index (κ3) is 5.08. The summed E-state index contributed by atoms with van der Waals surface area (Å²) in [7, 11) is 1.70. The van der Waals surface area contributed by atoms with Crippen molar-refractivity contribution in [1.82, 2.24) is 14.5 Å². The summed E-state index contributed by atoms with van der Waals surface area (Å²) in [6.45, 7) is 4.62. The number of carbonyl (C=O) groups excluding carboxylic acids is 1. The summed E-state index contributed by atoms with van der Waals surface area (Å²) in [5, 5.41) is 4.11. The smallest absolute Gasteiger partial charge is 0.314 e. The van der Waals surface area contributed by atoms with E-state index in [4.69, 9.17) is 28.2 Å². The first-order valence-electron chi connectivity index (χ1n) is 10.9. The Morgan fingerprint density at radius 1 is 1.12 bits per heavy atom. The molecule has 1 unspecified atom stereocenters. The number of para-hydroxylation sites is 1. The number of halogens is 2. The van der Waals surface area contributed by atoms with Crippen molar-refractivity contribution in [3.8, 4) is 0 Å². The Morgan fingerprint density at radius 2 is 1.88 bits per heavy atom. The molecule has 0 saturated carbocycles. The quantitative estimate of drug-likeness (QED) is 0.383. The van der Waals surface area contributed by atoms with E-state index in [0.29, 0.717) is 45.4 Å². The van der Waals surface area contributed by atoms with Gasteiger partial charge in [-0.25, -0.2) is 9.78 Å². The first-order valence-corrected chi connectivity index (χ1v) is 11.6. The first-order chi connectivity index (χ1) is 15.4. The van der Waals surface area contributed by atoms with Gasteiger partial charge >= 0.3 is 6.03 Å². The van der Waals surface area contributed by atoms with Crippen LogP contribution in [0.3, 0.4) is 0 Å². The lowest BCUT2D eigenvalue weighted by Crippen LogP contribution is -2.41. The fourth-order valence-corrected chi connectivity index (χ4v) is 4.14. The van der Waals surface area contributed by atoms with E-state index in [0.717, 1.165) is 19.3 Å². The Bertz CT molecular complexity index is 1160. The fourth-order valence-electron chi connectivity index (χ4n) is 3.79. The number of urea groups is 1. The van der Waals surface area contributed by atoms with Crippen LogP contribution in [0.2, 0.25) is 10.0 Å².